The highest BCUT2D eigenvalue weighted by molar-refractivity contribution is 9.12. The summed E-state index contributed by atoms with van der Waals surface area (Å²) in [6.07, 6.45) is 0.371. The average molecular weight is 577 g/mol. The first kappa shape index (κ1) is 22.3. The van der Waals surface area contributed by atoms with E-state index < -0.39 is 16.5 Å². The molecule has 1 aromatic heterocycles. The number of ether oxygens (including phenoxy) is 1. The average Bonchev–Trinajstić information content (AvgIpc) is 3.24. The maximum Gasteiger partial charge on any atom is 0.329 e. The van der Waals surface area contributed by atoms with Gasteiger partial charge in [0.25, 0.3) is 5.91 Å². The number of H-pyrrole nitrogens is 1. The fourth-order valence-electron chi connectivity index (χ4n) is 5.06. The zero-order valence-corrected chi connectivity index (χ0v) is 21.3. The molecule has 2 aliphatic rings. The Bertz CT molecular complexity index is 1280. The zero-order valence-electron chi connectivity index (χ0n) is 18.1. The van der Waals surface area contributed by atoms with Gasteiger partial charge in [0, 0.05) is 28.3 Å². The van der Waals surface area contributed by atoms with Crippen LogP contribution in [0.3, 0.4) is 0 Å². The molecule has 2 N–H and O–H groups in total. The first-order chi connectivity index (χ1) is 15.8. The van der Waals surface area contributed by atoms with Crippen LogP contribution in [0.15, 0.2) is 42.5 Å². The van der Waals surface area contributed by atoms with Gasteiger partial charge >= 0.3 is 6.03 Å². The number of benzene rings is 2. The van der Waals surface area contributed by atoms with E-state index in [9.17, 15) is 14.7 Å². The summed E-state index contributed by atoms with van der Waals surface area (Å²) in [5, 5.41) is 11.6. The van der Waals surface area contributed by atoms with Crippen molar-refractivity contribution in [1.29, 1.82) is 0 Å². The molecule has 2 aliphatic heterocycles. The lowest BCUT2D eigenvalue weighted by molar-refractivity contribution is -0.133. The van der Waals surface area contributed by atoms with Gasteiger partial charge in [-0.1, -0.05) is 44.0 Å². The molecule has 172 valence electrons. The molecule has 0 saturated carbocycles. The predicted molar refractivity (Wildman–Crippen MR) is 132 cm³/mol. The van der Waals surface area contributed by atoms with Gasteiger partial charge < -0.3 is 14.8 Å². The molecule has 3 heterocycles. The number of urea groups is 1. The van der Waals surface area contributed by atoms with Crippen molar-refractivity contribution in [2.24, 2.45) is 0 Å². The van der Waals surface area contributed by atoms with E-state index in [1.54, 1.807) is 23.1 Å². The van der Waals surface area contributed by atoms with Crippen molar-refractivity contribution in [3.8, 4) is 11.5 Å². The van der Waals surface area contributed by atoms with Gasteiger partial charge in [-0.2, -0.15) is 0 Å². The number of nitrogens with one attached hydrogen (secondary N) is 1. The van der Waals surface area contributed by atoms with E-state index >= 15 is 0 Å². The van der Waals surface area contributed by atoms with E-state index in [-0.39, 0.29) is 17.7 Å². The number of carbonyl (C=O) groups excluding carboxylic acids is 2. The minimum Gasteiger partial charge on any atom is -0.508 e. The van der Waals surface area contributed by atoms with Crippen LogP contribution in [0.5, 0.6) is 11.5 Å². The maximum atomic E-state index is 13.7. The molecule has 33 heavy (non-hydrogen) atoms. The minimum atomic E-state index is -1.08. The highest BCUT2D eigenvalue weighted by Crippen LogP contribution is 2.50. The topological polar surface area (TPSA) is 85.9 Å². The Morgan fingerprint density at radius 2 is 2.06 bits per heavy atom. The number of hydrogen-bond donors (Lipinski definition) is 2. The standard InChI is InChI=1S/C24H23Br2N3O4/c1-3-33-15-7-8-18-16(10-15)17-11-24(2)22(31)28(19(26)12-25)23(32)29(24)21(20(17)27-18)13-5-4-6-14(30)9-13/h4-10,19,21,27,30H,3,11-12H2,1-2H3/t19?,21-,24+/m1/s1. The van der Waals surface area contributed by atoms with Gasteiger partial charge in [-0.05, 0) is 55.3 Å². The Morgan fingerprint density at radius 3 is 2.76 bits per heavy atom. The molecule has 5 rings (SSSR count). The van der Waals surface area contributed by atoms with Crippen molar-refractivity contribution >= 4 is 54.7 Å². The van der Waals surface area contributed by atoms with E-state index in [4.69, 9.17) is 4.74 Å². The van der Waals surface area contributed by atoms with Crippen LogP contribution < -0.4 is 4.74 Å². The van der Waals surface area contributed by atoms with Crippen LogP contribution >= 0.6 is 31.9 Å². The SMILES string of the molecule is CCOc1ccc2[nH]c3c(c2c1)C[C@@]1(C)C(=O)N(C(Br)CBr)C(=O)N1[C@@H]3c1cccc(O)c1. The number of phenolic OH excluding ortho intramolecular Hbond substituents is 1. The lowest BCUT2D eigenvalue weighted by Crippen LogP contribution is -2.53. The van der Waals surface area contributed by atoms with Crippen LogP contribution in [0.25, 0.3) is 10.9 Å². The normalized spacial score (nSPS) is 23.1. The fourth-order valence-corrected chi connectivity index (χ4v) is 5.71. The highest BCUT2D eigenvalue weighted by atomic mass is 79.9. The van der Waals surface area contributed by atoms with Crippen LogP contribution in [0.1, 0.15) is 36.7 Å². The Labute approximate surface area is 208 Å². The molecule has 1 fully saturated rings. The number of aromatic amines is 1. The maximum absolute atomic E-state index is 13.7. The molecule has 9 heteroatoms. The third-order valence-corrected chi connectivity index (χ3v) is 8.71. The second kappa shape index (κ2) is 8.06. The number of aromatic nitrogens is 1. The Kier molecular flexibility index (Phi) is 5.44. The summed E-state index contributed by atoms with van der Waals surface area (Å²) in [5.41, 5.74) is 2.38. The smallest absolute Gasteiger partial charge is 0.329 e. The molecule has 0 aliphatic carbocycles. The van der Waals surface area contributed by atoms with Crippen molar-refractivity contribution in [1.82, 2.24) is 14.8 Å². The van der Waals surface area contributed by atoms with Crippen molar-refractivity contribution in [2.75, 3.05) is 11.9 Å². The Morgan fingerprint density at radius 1 is 1.27 bits per heavy atom. The number of hydrogen-bond acceptors (Lipinski definition) is 4. The van der Waals surface area contributed by atoms with Gasteiger partial charge in [0.2, 0.25) is 0 Å². The molecule has 3 aromatic rings. The zero-order chi connectivity index (χ0) is 23.5. The Balaban J connectivity index is 1.76. The lowest BCUT2D eigenvalue weighted by atomic mass is 9.81. The van der Waals surface area contributed by atoms with E-state index in [1.807, 2.05) is 38.1 Å². The van der Waals surface area contributed by atoms with E-state index in [0.29, 0.717) is 18.4 Å². The van der Waals surface area contributed by atoms with Crippen LogP contribution in [0.2, 0.25) is 0 Å². The van der Waals surface area contributed by atoms with Crippen LogP contribution in [-0.2, 0) is 11.2 Å². The molecule has 3 amide bonds. The summed E-state index contributed by atoms with van der Waals surface area (Å²) in [7, 11) is 0. The number of carbonyl (C=O) groups is 2. The fraction of sp³-hybridized carbons (Fsp3) is 0.333. The number of amides is 3. The van der Waals surface area contributed by atoms with E-state index in [1.165, 1.54) is 4.90 Å². The number of rotatable bonds is 5. The molecule has 2 aromatic carbocycles. The molecule has 0 bridgehead atoms. The van der Waals surface area contributed by atoms with Crippen LogP contribution in [-0.4, -0.2) is 54.3 Å². The first-order valence-electron chi connectivity index (χ1n) is 10.7. The number of phenols is 1. The third-order valence-electron chi connectivity index (χ3n) is 6.49. The number of fused-ring (bicyclic) bond motifs is 4. The molecular weight excluding hydrogens is 554 g/mol. The second-order valence-corrected chi connectivity index (χ2v) is 10.2. The Hall–Kier alpha value is -2.52. The second-order valence-electron chi connectivity index (χ2n) is 8.52. The molecular formula is C24H23Br2N3O4. The monoisotopic (exact) mass is 575 g/mol. The predicted octanol–water partition coefficient (Wildman–Crippen LogP) is 5.06. The van der Waals surface area contributed by atoms with Crippen molar-refractivity contribution < 1.29 is 19.4 Å². The summed E-state index contributed by atoms with van der Waals surface area (Å²) in [6.45, 7) is 4.31. The largest absolute Gasteiger partial charge is 0.508 e. The highest BCUT2D eigenvalue weighted by Gasteiger charge is 2.61. The number of imide groups is 1. The van der Waals surface area contributed by atoms with Gasteiger partial charge in [-0.3, -0.25) is 9.69 Å². The van der Waals surface area contributed by atoms with Gasteiger partial charge in [-0.15, -0.1) is 0 Å². The molecule has 1 unspecified atom stereocenters. The number of nitrogens with zero attached hydrogens (tertiary/aromatic N) is 2. The molecule has 3 atom stereocenters. The lowest BCUT2D eigenvalue weighted by Gasteiger charge is -2.42. The van der Waals surface area contributed by atoms with Crippen molar-refractivity contribution in [3.05, 3.63) is 59.3 Å². The first-order valence-corrected chi connectivity index (χ1v) is 12.8. The summed E-state index contributed by atoms with van der Waals surface area (Å²) in [5.74, 6) is 0.605. The molecule has 7 nitrogen and oxygen atoms in total. The van der Waals surface area contributed by atoms with E-state index in [2.05, 4.69) is 36.8 Å². The number of halogens is 2. The van der Waals surface area contributed by atoms with Crippen LogP contribution in [0, 0.1) is 0 Å². The van der Waals surface area contributed by atoms with Gasteiger partial charge in [-0.25, -0.2) is 9.69 Å². The third kappa shape index (κ3) is 3.27. The van der Waals surface area contributed by atoms with Gasteiger partial charge in [0.1, 0.15) is 28.0 Å². The van der Waals surface area contributed by atoms with Gasteiger partial charge in [0.15, 0.2) is 0 Å². The molecule has 1 saturated heterocycles. The van der Waals surface area contributed by atoms with E-state index in [0.717, 1.165) is 33.5 Å². The van der Waals surface area contributed by atoms with Crippen molar-refractivity contribution in [3.63, 3.8) is 0 Å². The van der Waals surface area contributed by atoms with Gasteiger partial charge in [0.05, 0.1) is 6.61 Å². The van der Waals surface area contributed by atoms with Crippen molar-refractivity contribution in [2.45, 2.75) is 36.8 Å². The number of aromatic hydroxyl groups is 1. The summed E-state index contributed by atoms with van der Waals surface area (Å²) < 4.78 is 5.72. The summed E-state index contributed by atoms with van der Waals surface area (Å²) in [4.78, 5) is 33.3. The molecule has 0 spiro atoms. The number of alkyl halides is 2. The quantitative estimate of drug-likeness (QED) is 0.253. The van der Waals surface area contributed by atoms with Crippen LogP contribution in [0.4, 0.5) is 4.79 Å². The summed E-state index contributed by atoms with van der Waals surface area (Å²) in [6, 6.07) is 11.8. The molecule has 0 radical (unpaired) electrons. The summed E-state index contributed by atoms with van der Waals surface area (Å²) >= 11 is 6.85. The minimum absolute atomic E-state index is 0.102.